The van der Waals surface area contributed by atoms with Crippen molar-refractivity contribution in [3.63, 3.8) is 0 Å². The molecule has 4 heteroatoms. The number of aliphatic carboxylic acids is 1. The number of carboxylic acid groups (broad SMARTS) is 1. The molecule has 0 amide bonds. The molecule has 0 spiro atoms. The third kappa shape index (κ3) is 19.5. The Bertz CT molecular complexity index is 140. The van der Waals surface area contributed by atoms with Crippen molar-refractivity contribution in [1.29, 1.82) is 0 Å². The molecule has 0 saturated carbocycles. The minimum atomic E-state index is -0.659. The van der Waals surface area contributed by atoms with Gasteiger partial charge in [0.25, 0.3) is 0 Å². The van der Waals surface area contributed by atoms with Gasteiger partial charge in [-0.2, -0.15) is 0 Å². The maximum atomic E-state index is 10.2. The van der Waals surface area contributed by atoms with Crippen molar-refractivity contribution >= 4 is 23.3 Å². The van der Waals surface area contributed by atoms with Crippen LogP contribution in [0.1, 0.15) is 71.1 Å². The van der Waals surface area contributed by atoms with E-state index in [1.807, 2.05) is 0 Å². The first-order valence-corrected chi connectivity index (χ1v) is 5.99. The molecular weight excluding hydrogens is 219 g/mol. The quantitative estimate of drug-likeness (QED) is 0.475. The highest BCUT2D eigenvalue weighted by Gasteiger charge is 1.96. The zero-order chi connectivity index (χ0) is 10.6. The minimum absolute atomic E-state index is 0. The Hall–Kier alpha value is -0.0375. The van der Waals surface area contributed by atoms with E-state index in [0.717, 1.165) is 12.8 Å². The summed E-state index contributed by atoms with van der Waals surface area (Å²) in [5, 5.41) is 8.41. The van der Waals surface area contributed by atoms with Crippen LogP contribution in [0.25, 0.3) is 0 Å². The molecule has 0 unspecified atom stereocenters. The molecule has 0 aromatic rings. The lowest BCUT2D eigenvalue weighted by Crippen LogP contribution is -1.93. The maximum absolute atomic E-state index is 10.2. The SMILES string of the molecule is CCCCCCCCCCCC(=O)O.O.[AlH2]. The van der Waals surface area contributed by atoms with E-state index in [1.165, 1.54) is 44.9 Å². The Morgan fingerprint density at radius 2 is 1.25 bits per heavy atom. The molecule has 0 atom stereocenters. The van der Waals surface area contributed by atoms with Crippen LogP contribution in [-0.2, 0) is 4.79 Å². The highest BCUT2D eigenvalue weighted by atomic mass is 27.0. The summed E-state index contributed by atoms with van der Waals surface area (Å²) in [4.78, 5) is 10.2. The summed E-state index contributed by atoms with van der Waals surface area (Å²) in [6, 6.07) is 0. The Labute approximate surface area is 110 Å². The zero-order valence-corrected chi connectivity index (χ0v) is 12.9. The van der Waals surface area contributed by atoms with Crippen molar-refractivity contribution in [2.24, 2.45) is 0 Å². The number of carboxylic acids is 1. The van der Waals surface area contributed by atoms with Gasteiger partial charge < -0.3 is 10.6 Å². The first-order valence-electron chi connectivity index (χ1n) is 5.99. The molecule has 0 aliphatic carbocycles. The fourth-order valence-corrected chi connectivity index (χ4v) is 1.59. The van der Waals surface area contributed by atoms with Gasteiger partial charge in [-0.05, 0) is 6.42 Å². The van der Waals surface area contributed by atoms with Crippen molar-refractivity contribution in [2.45, 2.75) is 71.1 Å². The molecule has 1 radical (unpaired) electrons. The van der Waals surface area contributed by atoms with Crippen LogP contribution in [0.15, 0.2) is 0 Å². The van der Waals surface area contributed by atoms with Crippen LogP contribution in [0.3, 0.4) is 0 Å². The van der Waals surface area contributed by atoms with Crippen LogP contribution in [0.2, 0.25) is 0 Å². The van der Waals surface area contributed by atoms with E-state index in [0.29, 0.717) is 6.42 Å². The molecule has 0 aromatic heterocycles. The van der Waals surface area contributed by atoms with Gasteiger partial charge in [0.1, 0.15) is 17.4 Å². The maximum Gasteiger partial charge on any atom is 0.303 e. The van der Waals surface area contributed by atoms with Crippen molar-refractivity contribution in [3.8, 4) is 0 Å². The first kappa shape index (κ1) is 21.3. The Balaban J connectivity index is -0.000000845. The second kappa shape index (κ2) is 17.4. The lowest BCUT2D eigenvalue weighted by molar-refractivity contribution is -0.137. The number of unbranched alkanes of at least 4 members (excludes halogenated alkanes) is 8. The second-order valence-corrected chi connectivity index (χ2v) is 3.97. The fraction of sp³-hybridized carbons (Fsp3) is 0.917. The molecule has 0 heterocycles. The highest BCUT2D eigenvalue weighted by Crippen LogP contribution is 2.10. The molecular formula is C12H28AlO3. The third-order valence-corrected chi connectivity index (χ3v) is 2.49. The van der Waals surface area contributed by atoms with Gasteiger partial charge in [0.05, 0.1) is 0 Å². The normalized spacial score (nSPS) is 9.06. The van der Waals surface area contributed by atoms with E-state index < -0.39 is 5.97 Å². The number of rotatable bonds is 10. The van der Waals surface area contributed by atoms with Crippen molar-refractivity contribution < 1.29 is 15.4 Å². The summed E-state index contributed by atoms with van der Waals surface area (Å²) in [5.74, 6) is -0.659. The number of hydrogen-bond donors (Lipinski definition) is 1. The summed E-state index contributed by atoms with van der Waals surface area (Å²) in [6.07, 6.45) is 11.5. The van der Waals surface area contributed by atoms with E-state index in [-0.39, 0.29) is 22.8 Å². The Morgan fingerprint density at radius 1 is 0.875 bits per heavy atom. The largest absolute Gasteiger partial charge is 0.481 e. The molecule has 0 saturated heterocycles. The molecule has 0 aromatic carbocycles. The number of hydrogen-bond acceptors (Lipinski definition) is 1. The highest BCUT2D eigenvalue weighted by molar-refractivity contribution is 5.75. The van der Waals surface area contributed by atoms with E-state index >= 15 is 0 Å². The summed E-state index contributed by atoms with van der Waals surface area (Å²) < 4.78 is 0. The molecule has 3 N–H and O–H groups in total. The molecule has 3 nitrogen and oxygen atoms in total. The van der Waals surface area contributed by atoms with E-state index in [4.69, 9.17) is 5.11 Å². The fourth-order valence-electron chi connectivity index (χ4n) is 1.59. The van der Waals surface area contributed by atoms with Crippen LogP contribution in [0.4, 0.5) is 0 Å². The van der Waals surface area contributed by atoms with Gasteiger partial charge in [-0.1, -0.05) is 58.3 Å². The van der Waals surface area contributed by atoms with Crippen molar-refractivity contribution in [3.05, 3.63) is 0 Å². The summed E-state index contributed by atoms with van der Waals surface area (Å²) >= 11 is 0. The molecule has 0 bridgehead atoms. The average molecular weight is 247 g/mol. The monoisotopic (exact) mass is 247 g/mol. The van der Waals surface area contributed by atoms with Gasteiger partial charge in [0.2, 0.25) is 0 Å². The minimum Gasteiger partial charge on any atom is -0.481 e. The van der Waals surface area contributed by atoms with E-state index in [9.17, 15) is 4.79 Å². The molecule has 0 aliphatic rings. The van der Waals surface area contributed by atoms with Crippen molar-refractivity contribution in [2.75, 3.05) is 0 Å². The summed E-state index contributed by atoms with van der Waals surface area (Å²) in [5.41, 5.74) is 0. The third-order valence-electron chi connectivity index (χ3n) is 2.49. The molecule has 0 rings (SSSR count). The van der Waals surface area contributed by atoms with E-state index in [2.05, 4.69) is 6.92 Å². The van der Waals surface area contributed by atoms with Gasteiger partial charge in [-0.3, -0.25) is 4.79 Å². The molecule has 16 heavy (non-hydrogen) atoms. The second-order valence-electron chi connectivity index (χ2n) is 3.97. The van der Waals surface area contributed by atoms with Gasteiger partial charge in [0, 0.05) is 6.42 Å². The van der Waals surface area contributed by atoms with Crippen LogP contribution in [0.5, 0.6) is 0 Å². The Kier molecular flexibility index (Phi) is 23.1. The Morgan fingerprint density at radius 3 is 1.62 bits per heavy atom. The average Bonchev–Trinajstić information content (AvgIpc) is 2.15. The van der Waals surface area contributed by atoms with Crippen LogP contribution in [-0.4, -0.2) is 33.9 Å². The lowest BCUT2D eigenvalue weighted by atomic mass is 10.1. The van der Waals surface area contributed by atoms with Crippen molar-refractivity contribution in [1.82, 2.24) is 0 Å². The summed E-state index contributed by atoms with van der Waals surface area (Å²) in [7, 11) is 0. The lowest BCUT2D eigenvalue weighted by Gasteiger charge is -2.00. The topological polar surface area (TPSA) is 68.8 Å². The van der Waals surface area contributed by atoms with Crippen LogP contribution < -0.4 is 0 Å². The molecule has 97 valence electrons. The van der Waals surface area contributed by atoms with Crippen LogP contribution in [0, 0.1) is 0 Å². The van der Waals surface area contributed by atoms with E-state index in [1.54, 1.807) is 0 Å². The first-order chi connectivity index (χ1) is 6.77. The van der Waals surface area contributed by atoms with Gasteiger partial charge in [-0.25, -0.2) is 0 Å². The standard InChI is InChI=1S/C12H24O2.Al.H2O.2H/c1-2-3-4-5-6-7-8-9-10-11-12(13)14;;;;/h2-11H2,1H3,(H,13,14);;1H2;;. The zero-order valence-electron chi connectivity index (χ0n) is 10.9. The van der Waals surface area contributed by atoms with Gasteiger partial charge in [0.15, 0.2) is 0 Å². The van der Waals surface area contributed by atoms with Gasteiger partial charge in [-0.15, -0.1) is 0 Å². The summed E-state index contributed by atoms with van der Waals surface area (Å²) in [6.45, 7) is 2.23. The smallest absolute Gasteiger partial charge is 0.303 e. The molecule has 0 aliphatic heterocycles. The molecule has 0 fully saturated rings. The van der Waals surface area contributed by atoms with Gasteiger partial charge >= 0.3 is 5.97 Å². The van der Waals surface area contributed by atoms with Crippen LogP contribution >= 0.6 is 0 Å². The predicted octanol–water partition coefficient (Wildman–Crippen LogP) is 2.25. The number of carbonyl (C=O) groups is 1. The predicted molar refractivity (Wildman–Crippen MR) is 71.6 cm³/mol.